The van der Waals surface area contributed by atoms with Crippen molar-refractivity contribution in [2.24, 2.45) is 5.92 Å². The lowest BCUT2D eigenvalue weighted by Gasteiger charge is -2.39. The number of amides is 1. The molecule has 3 aromatic rings. The summed E-state index contributed by atoms with van der Waals surface area (Å²) in [7, 11) is 0. The number of hydrogen-bond acceptors (Lipinski definition) is 5. The zero-order valence-corrected chi connectivity index (χ0v) is 19.4. The lowest BCUT2D eigenvalue weighted by atomic mass is 9.97. The molecule has 0 atom stereocenters. The van der Waals surface area contributed by atoms with Crippen molar-refractivity contribution in [3.63, 3.8) is 0 Å². The van der Waals surface area contributed by atoms with Crippen LogP contribution < -0.4 is 9.47 Å². The number of halogens is 3. The topological polar surface area (TPSA) is 68.7 Å². The molecule has 174 valence electrons. The highest BCUT2D eigenvalue weighted by Gasteiger charge is 2.34. The number of pyridine rings is 1. The maximum absolute atomic E-state index is 14.5. The van der Waals surface area contributed by atoms with E-state index in [4.69, 9.17) is 32.7 Å². The summed E-state index contributed by atoms with van der Waals surface area (Å²) >= 11 is 12.4. The first kappa shape index (κ1) is 22.6. The van der Waals surface area contributed by atoms with E-state index in [1.165, 1.54) is 12.1 Å². The summed E-state index contributed by atoms with van der Waals surface area (Å²) in [5.41, 5.74) is 1.91. The number of ether oxygens (including phenoxy) is 2. The molecule has 1 fully saturated rings. The van der Waals surface area contributed by atoms with Crippen LogP contribution in [0.25, 0.3) is 11.1 Å². The molecule has 2 aliphatic heterocycles. The van der Waals surface area contributed by atoms with Crippen LogP contribution in [0.4, 0.5) is 4.39 Å². The molecule has 0 bridgehead atoms. The van der Waals surface area contributed by atoms with Crippen molar-refractivity contribution >= 4 is 34.9 Å². The quantitative estimate of drug-likeness (QED) is 0.468. The fourth-order valence-corrected chi connectivity index (χ4v) is 4.50. The van der Waals surface area contributed by atoms with Crippen LogP contribution in [-0.2, 0) is 11.2 Å². The molecule has 1 aromatic heterocycles. The molecule has 0 radical (unpaired) electrons. The summed E-state index contributed by atoms with van der Waals surface area (Å²) in [6.07, 6.45) is 1.74. The number of likely N-dealkylation sites (tertiary alicyclic amines) is 1. The standard InChI is InChI=1S/C25H19Cl2FN2O4/c26-16-3-4-22(19(8-16)18-2-1-5-29-24(18)27)33-12-14-10-30(11-14)25(32)20-7-15-6-17(31)13-34-23(15)9-21(20)28/h1-5,7-9,14H,6,10-13H2. The van der Waals surface area contributed by atoms with E-state index < -0.39 is 11.7 Å². The third-order valence-electron chi connectivity index (χ3n) is 5.87. The lowest BCUT2D eigenvalue weighted by Crippen LogP contribution is -2.52. The van der Waals surface area contributed by atoms with Gasteiger partial charge in [-0.1, -0.05) is 23.2 Å². The number of Topliss-reactive ketones (excluding diaryl/α,β-unsaturated/α-hetero) is 1. The molecule has 9 heteroatoms. The summed E-state index contributed by atoms with van der Waals surface area (Å²) in [6, 6.07) is 11.5. The van der Waals surface area contributed by atoms with E-state index in [-0.39, 0.29) is 30.3 Å². The number of carbonyl (C=O) groups is 2. The van der Waals surface area contributed by atoms with Crippen LogP contribution >= 0.6 is 23.2 Å². The Bertz CT molecular complexity index is 1290. The first-order valence-electron chi connectivity index (χ1n) is 10.7. The van der Waals surface area contributed by atoms with Crippen molar-refractivity contribution in [2.45, 2.75) is 6.42 Å². The Labute approximate surface area is 205 Å². The van der Waals surface area contributed by atoms with Gasteiger partial charge in [-0.05, 0) is 36.4 Å². The smallest absolute Gasteiger partial charge is 0.256 e. The summed E-state index contributed by atoms with van der Waals surface area (Å²) in [5, 5.41) is 0.885. The van der Waals surface area contributed by atoms with Gasteiger partial charge < -0.3 is 14.4 Å². The molecule has 6 nitrogen and oxygen atoms in total. The van der Waals surface area contributed by atoms with Gasteiger partial charge in [-0.25, -0.2) is 9.37 Å². The molecular formula is C25H19Cl2FN2O4. The minimum absolute atomic E-state index is 0.0531. The molecule has 2 aliphatic rings. The van der Waals surface area contributed by atoms with E-state index in [9.17, 15) is 14.0 Å². The summed E-state index contributed by atoms with van der Waals surface area (Å²) < 4.78 is 25.8. The highest BCUT2D eigenvalue weighted by molar-refractivity contribution is 6.33. The van der Waals surface area contributed by atoms with Gasteiger partial charge in [0.05, 0.1) is 12.2 Å². The highest BCUT2D eigenvalue weighted by Crippen LogP contribution is 2.36. The fraction of sp³-hybridized carbons (Fsp3) is 0.240. The zero-order valence-electron chi connectivity index (χ0n) is 17.9. The Morgan fingerprint density at radius 3 is 2.79 bits per heavy atom. The van der Waals surface area contributed by atoms with Crippen LogP contribution in [0.3, 0.4) is 0 Å². The van der Waals surface area contributed by atoms with Crippen molar-refractivity contribution < 1.29 is 23.5 Å². The van der Waals surface area contributed by atoms with Crippen LogP contribution in [0, 0.1) is 11.7 Å². The van der Waals surface area contributed by atoms with Gasteiger partial charge in [-0.2, -0.15) is 0 Å². The molecule has 3 heterocycles. The van der Waals surface area contributed by atoms with Crippen LogP contribution in [0.2, 0.25) is 10.2 Å². The first-order valence-corrected chi connectivity index (χ1v) is 11.4. The van der Waals surface area contributed by atoms with Gasteiger partial charge in [0.1, 0.15) is 29.1 Å². The SMILES string of the molecule is O=C1COc2cc(F)c(C(=O)N3CC(COc4ccc(Cl)cc4-c4cccnc4Cl)C3)cc2C1. The largest absolute Gasteiger partial charge is 0.493 e. The molecule has 0 saturated carbocycles. The van der Waals surface area contributed by atoms with Gasteiger partial charge in [-0.15, -0.1) is 0 Å². The number of nitrogens with zero attached hydrogens (tertiary/aromatic N) is 2. The Balaban J connectivity index is 1.24. The first-order chi connectivity index (χ1) is 16.4. The van der Waals surface area contributed by atoms with Gasteiger partial charge in [0.15, 0.2) is 5.78 Å². The monoisotopic (exact) mass is 500 g/mol. The molecule has 5 rings (SSSR count). The predicted molar refractivity (Wildman–Crippen MR) is 125 cm³/mol. The number of benzene rings is 2. The van der Waals surface area contributed by atoms with E-state index in [1.807, 2.05) is 6.07 Å². The average molecular weight is 501 g/mol. The van der Waals surface area contributed by atoms with Crippen LogP contribution in [-0.4, -0.2) is 47.9 Å². The lowest BCUT2D eigenvalue weighted by molar-refractivity contribution is -0.121. The zero-order chi connectivity index (χ0) is 23.8. The summed E-state index contributed by atoms with van der Waals surface area (Å²) in [5.74, 6) is -0.165. The second-order valence-electron chi connectivity index (χ2n) is 8.31. The second-order valence-corrected chi connectivity index (χ2v) is 9.11. The Kier molecular flexibility index (Phi) is 6.15. The maximum atomic E-state index is 14.5. The molecule has 0 spiro atoms. The molecule has 0 N–H and O–H groups in total. The average Bonchev–Trinajstić information content (AvgIpc) is 2.79. The molecular weight excluding hydrogens is 482 g/mol. The number of hydrogen-bond donors (Lipinski definition) is 0. The third-order valence-corrected chi connectivity index (χ3v) is 6.40. The van der Waals surface area contributed by atoms with Gasteiger partial charge in [0.2, 0.25) is 0 Å². The van der Waals surface area contributed by atoms with Crippen LogP contribution in [0.5, 0.6) is 11.5 Å². The second kappa shape index (κ2) is 9.24. The minimum atomic E-state index is -0.656. The molecule has 34 heavy (non-hydrogen) atoms. The summed E-state index contributed by atoms with van der Waals surface area (Å²) in [4.78, 5) is 30.1. The van der Waals surface area contributed by atoms with Crippen molar-refractivity contribution in [1.82, 2.24) is 9.88 Å². The highest BCUT2D eigenvalue weighted by atomic mass is 35.5. The molecule has 1 saturated heterocycles. The van der Waals surface area contributed by atoms with E-state index in [0.717, 1.165) is 5.56 Å². The Hall–Kier alpha value is -3.16. The van der Waals surface area contributed by atoms with E-state index >= 15 is 0 Å². The number of fused-ring (bicyclic) bond motifs is 1. The van der Waals surface area contributed by atoms with Crippen LogP contribution in [0.1, 0.15) is 15.9 Å². The van der Waals surface area contributed by atoms with Crippen LogP contribution in [0.15, 0.2) is 48.7 Å². The third kappa shape index (κ3) is 4.45. The van der Waals surface area contributed by atoms with E-state index in [0.29, 0.717) is 52.5 Å². The number of aromatic nitrogens is 1. The number of ketones is 1. The molecule has 2 aromatic carbocycles. The maximum Gasteiger partial charge on any atom is 0.256 e. The predicted octanol–water partition coefficient (Wildman–Crippen LogP) is 4.85. The number of rotatable bonds is 5. The van der Waals surface area contributed by atoms with E-state index in [2.05, 4.69) is 4.98 Å². The Morgan fingerprint density at radius 2 is 2.00 bits per heavy atom. The minimum Gasteiger partial charge on any atom is -0.493 e. The molecule has 1 amide bonds. The van der Waals surface area contributed by atoms with E-state index in [1.54, 1.807) is 35.4 Å². The summed E-state index contributed by atoms with van der Waals surface area (Å²) in [6.45, 7) is 1.16. The van der Waals surface area contributed by atoms with Gasteiger partial charge >= 0.3 is 0 Å². The molecule has 0 unspecified atom stereocenters. The normalized spacial score (nSPS) is 15.4. The Morgan fingerprint density at radius 1 is 1.18 bits per heavy atom. The van der Waals surface area contributed by atoms with Gasteiger partial charge in [0.25, 0.3) is 5.91 Å². The van der Waals surface area contributed by atoms with Crippen molar-refractivity contribution in [1.29, 1.82) is 0 Å². The van der Waals surface area contributed by atoms with Gasteiger partial charge in [0, 0.05) is 59.4 Å². The molecule has 0 aliphatic carbocycles. The fourth-order valence-electron chi connectivity index (χ4n) is 4.10. The van der Waals surface area contributed by atoms with Gasteiger partial charge in [-0.3, -0.25) is 9.59 Å². The van der Waals surface area contributed by atoms with Crippen molar-refractivity contribution in [3.05, 3.63) is 75.8 Å². The number of carbonyl (C=O) groups excluding carboxylic acids is 2. The van der Waals surface area contributed by atoms with Crippen molar-refractivity contribution in [2.75, 3.05) is 26.3 Å². The van der Waals surface area contributed by atoms with Crippen molar-refractivity contribution in [3.8, 4) is 22.6 Å².